The van der Waals surface area contributed by atoms with E-state index in [-0.39, 0.29) is 5.91 Å². The molecule has 0 aliphatic carbocycles. The highest BCUT2D eigenvalue weighted by atomic mass is 35.5. The average molecular weight is 343 g/mol. The predicted molar refractivity (Wildman–Crippen MR) is 92.7 cm³/mol. The Balaban J connectivity index is 1.81. The summed E-state index contributed by atoms with van der Waals surface area (Å²) in [7, 11) is 0. The van der Waals surface area contributed by atoms with E-state index in [2.05, 4.69) is 25.7 Å². The number of halogens is 1. The van der Waals surface area contributed by atoms with E-state index in [0.29, 0.717) is 28.8 Å². The quantitative estimate of drug-likeness (QED) is 0.744. The van der Waals surface area contributed by atoms with Gasteiger partial charge in [-0.05, 0) is 31.2 Å². The number of carbonyl (C=O) groups excluding carboxylic acids is 1. The van der Waals surface area contributed by atoms with Gasteiger partial charge in [0.15, 0.2) is 0 Å². The molecule has 2 heterocycles. The molecule has 1 aromatic carbocycles. The van der Waals surface area contributed by atoms with E-state index in [1.807, 2.05) is 6.92 Å². The van der Waals surface area contributed by atoms with Gasteiger partial charge in [-0.1, -0.05) is 11.6 Å². The van der Waals surface area contributed by atoms with Crippen molar-refractivity contribution in [1.29, 1.82) is 0 Å². The van der Waals surface area contributed by atoms with Gasteiger partial charge >= 0.3 is 0 Å². The molecule has 0 aliphatic heterocycles. The number of benzene rings is 1. The summed E-state index contributed by atoms with van der Waals surface area (Å²) >= 11 is 6.01. The number of rotatable bonds is 5. The monoisotopic (exact) mass is 342 g/mol. The number of hydrogen-bond donors (Lipinski definition) is 2. The van der Waals surface area contributed by atoms with Crippen LogP contribution in [0.25, 0.3) is 5.95 Å². The summed E-state index contributed by atoms with van der Waals surface area (Å²) in [6.07, 6.45) is 6.42. The van der Waals surface area contributed by atoms with Crippen LogP contribution in [-0.2, 0) is 0 Å². The molecule has 3 aromatic rings. The maximum Gasteiger partial charge on any atom is 0.257 e. The van der Waals surface area contributed by atoms with Crippen LogP contribution in [0, 0.1) is 0 Å². The Morgan fingerprint density at radius 1 is 1.29 bits per heavy atom. The summed E-state index contributed by atoms with van der Waals surface area (Å²) in [5, 5.41) is 10.6. The van der Waals surface area contributed by atoms with Gasteiger partial charge in [-0.25, -0.2) is 14.6 Å². The molecule has 3 rings (SSSR count). The number of carbonyl (C=O) groups is 1. The second kappa shape index (κ2) is 7.10. The van der Waals surface area contributed by atoms with Crippen molar-refractivity contribution in [2.24, 2.45) is 0 Å². The number of amides is 1. The lowest BCUT2D eigenvalue weighted by molar-refractivity contribution is 0.102. The summed E-state index contributed by atoms with van der Waals surface area (Å²) < 4.78 is 1.48. The first-order valence-corrected chi connectivity index (χ1v) is 7.72. The van der Waals surface area contributed by atoms with E-state index >= 15 is 0 Å². The molecular weight excluding hydrogens is 328 g/mol. The lowest BCUT2D eigenvalue weighted by atomic mass is 10.1. The van der Waals surface area contributed by atoms with Crippen LogP contribution in [0.15, 0.2) is 49.1 Å². The van der Waals surface area contributed by atoms with Crippen LogP contribution in [0.3, 0.4) is 0 Å². The minimum atomic E-state index is -0.276. The van der Waals surface area contributed by atoms with Crippen molar-refractivity contribution in [3.05, 3.63) is 59.6 Å². The molecule has 2 N–H and O–H groups in total. The Morgan fingerprint density at radius 3 is 2.83 bits per heavy atom. The summed E-state index contributed by atoms with van der Waals surface area (Å²) in [4.78, 5) is 20.7. The van der Waals surface area contributed by atoms with Crippen LogP contribution in [-0.4, -0.2) is 32.2 Å². The van der Waals surface area contributed by atoms with Gasteiger partial charge in [0.1, 0.15) is 0 Å². The predicted octanol–water partition coefficient (Wildman–Crippen LogP) is 3.00. The standard InChI is InChI=1S/C16H15ClN6O/c1-2-18-14-5-4-11(17)8-13(14)15(24)22-12-9-21-23(10-12)16-19-6-3-7-20-16/h3-10,18H,2H2,1H3,(H,22,24). The molecule has 0 saturated heterocycles. The highest BCUT2D eigenvalue weighted by Crippen LogP contribution is 2.22. The average Bonchev–Trinajstić information content (AvgIpc) is 3.06. The summed E-state index contributed by atoms with van der Waals surface area (Å²) in [6, 6.07) is 6.86. The summed E-state index contributed by atoms with van der Waals surface area (Å²) in [5.74, 6) is 0.149. The second-order valence-corrected chi connectivity index (χ2v) is 5.33. The summed E-state index contributed by atoms with van der Waals surface area (Å²) in [6.45, 7) is 2.66. The number of nitrogens with one attached hydrogen (secondary N) is 2. The highest BCUT2D eigenvalue weighted by Gasteiger charge is 2.13. The largest absolute Gasteiger partial charge is 0.385 e. The Bertz CT molecular complexity index is 849. The van der Waals surface area contributed by atoms with Crippen LogP contribution in [0.4, 0.5) is 11.4 Å². The molecule has 8 heteroatoms. The number of hydrogen-bond acceptors (Lipinski definition) is 5. The smallest absolute Gasteiger partial charge is 0.257 e. The topological polar surface area (TPSA) is 84.7 Å². The van der Waals surface area contributed by atoms with Crippen LogP contribution >= 0.6 is 11.6 Å². The Labute approximate surface area is 143 Å². The Morgan fingerprint density at radius 2 is 2.08 bits per heavy atom. The third-order valence-electron chi connectivity index (χ3n) is 3.19. The van der Waals surface area contributed by atoms with Crippen LogP contribution in [0.2, 0.25) is 5.02 Å². The second-order valence-electron chi connectivity index (χ2n) is 4.90. The van der Waals surface area contributed by atoms with E-state index in [1.165, 1.54) is 10.9 Å². The molecule has 0 radical (unpaired) electrons. The van der Waals surface area contributed by atoms with E-state index in [4.69, 9.17) is 11.6 Å². The van der Waals surface area contributed by atoms with Crippen molar-refractivity contribution >= 4 is 28.9 Å². The minimum Gasteiger partial charge on any atom is -0.385 e. The third-order valence-corrected chi connectivity index (χ3v) is 3.43. The third kappa shape index (κ3) is 3.52. The van der Waals surface area contributed by atoms with Crippen molar-refractivity contribution < 1.29 is 4.79 Å². The first-order valence-electron chi connectivity index (χ1n) is 7.34. The fourth-order valence-electron chi connectivity index (χ4n) is 2.15. The molecule has 122 valence electrons. The molecule has 0 fully saturated rings. The van der Waals surface area contributed by atoms with E-state index < -0.39 is 0 Å². The molecule has 7 nitrogen and oxygen atoms in total. The van der Waals surface area contributed by atoms with Crippen molar-refractivity contribution in [3.63, 3.8) is 0 Å². The normalized spacial score (nSPS) is 10.4. The van der Waals surface area contributed by atoms with Gasteiger partial charge in [-0.2, -0.15) is 5.10 Å². The zero-order valence-electron chi connectivity index (χ0n) is 12.9. The zero-order chi connectivity index (χ0) is 16.9. The van der Waals surface area contributed by atoms with Gasteiger partial charge in [0.05, 0.1) is 23.6 Å². The van der Waals surface area contributed by atoms with E-state index in [1.54, 1.807) is 42.9 Å². The Hall–Kier alpha value is -2.93. The van der Waals surface area contributed by atoms with Crippen molar-refractivity contribution in [1.82, 2.24) is 19.7 Å². The molecule has 0 spiro atoms. The SMILES string of the molecule is CCNc1ccc(Cl)cc1C(=O)Nc1cnn(-c2ncccn2)c1. The molecule has 0 unspecified atom stereocenters. The lowest BCUT2D eigenvalue weighted by Gasteiger charge is -2.10. The molecule has 0 bridgehead atoms. The van der Waals surface area contributed by atoms with Crippen LogP contribution < -0.4 is 10.6 Å². The number of anilines is 2. The molecule has 2 aromatic heterocycles. The fraction of sp³-hybridized carbons (Fsp3) is 0.125. The molecule has 1 amide bonds. The van der Waals surface area contributed by atoms with Crippen molar-refractivity contribution in [2.75, 3.05) is 17.2 Å². The van der Waals surface area contributed by atoms with Gasteiger partial charge < -0.3 is 10.6 Å². The molecule has 24 heavy (non-hydrogen) atoms. The Kier molecular flexibility index (Phi) is 4.72. The molecule has 0 saturated carbocycles. The van der Waals surface area contributed by atoms with Gasteiger partial charge in [-0.3, -0.25) is 4.79 Å². The van der Waals surface area contributed by atoms with Crippen molar-refractivity contribution in [2.45, 2.75) is 6.92 Å². The molecular formula is C16H15ClN6O. The number of aromatic nitrogens is 4. The van der Waals surface area contributed by atoms with E-state index in [9.17, 15) is 4.79 Å². The van der Waals surface area contributed by atoms with Crippen LogP contribution in [0.5, 0.6) is 0 Å². The maximum absolute atomic E-state index is 12.5. The first-order chi connectivity index (χ1) is 11.7. The minimum absolute atomic E-state index is 0.276. The van der Waals surface area contributed by atoms with Crippen LogP contribution in [0.1, 0.15) is 17.3 Å². The lowest BCUT2D eigenvalue weighted by Crippen LogP contribution is -2.14. The summed E-state index contributed by atoms with van der Waals surface area (Å²) in [5.41, 5.74) is 1.72. The molecule has 0 atom stereocenters. The fourth-order valence-corrected chi connectivity index (χ4v) is 2.33. The van der Waals surface area contributed by atoms with Gasteiger partial charge in [-0.15, -0.1) is 0 Å². The van der Waals surface area contributed by atoms with E-state index in [0.717, 1.165) is 5.69 Å². The van der Waals surface area contributed by atoms with Gasteiger partial charge in [0.25, 0.3) is 5.91 Å². The highest BCUT2D eigenvalue weighted by molar-refractivity contribution is 6.31. The maximum atomic E-state index is 12.5. The zero-order valence-corrected chi connectivity index (χ0v) is 13.7. The first kappa shape index (κ1) is 15.9. The van der Waals surface area contributed by atoms with Crippen molar-refractivity contribution in [3.8, 4) is 5.95 Å². The number of nitrogens with zero attached hydrogens (tertiary/aromatic N) is 4. The van der Waals surface area contributed by atoms with Gasteiger partial charge in [0, 0.05) is 29.6 Å². The molecule has 0 aliphatic rings. The van der Waals surface area contributed by atoms with Gasteiger partial charge in [0.2, 0.25) is 5.95 Å².